The Morgan fingerprint density at radius 3 is 2.90 bits per heavy atom. The van der Waals surface area contributed by atoms with Gasteiger partial charge in [-0.15, -0.1) is 0 Å². The molecular formula is C14H13N3O2S. The number of fused-ring (bicyclic) bond motifs is 1. The van der Waals surface area contributed by atoms with Crippen LogP contribution in [0.4, 0.5) is 5.82 Å². The molecule has 102 valence electrons. The molecule has 20 heavy (non-hydrogen) atoms. The van der Waals surface area contributed by atoms with E-state index >= 15 is 0 Å². The van der Waals surface area contributed by atoms with E-state index in [1.165, 1.54) is 0 Å². The van der Waals surface area contributed by atoms with E-state index in [0.29, 0.717) is 17.8 Å². The maximum atomic E-state index is 12.4. The normalized spacial score (nSPS) is 21.4. The molecule has 3 heterocycles. The first-order chi connectivity index (χ1) is 9.75. The Hall–Kier alpha value is -2.08. The Morgan fingerprint density at radius 2 is 2.10 bits per heavy atom. The van der Waals surface area contributed by atoms with Crippen LogP contribution in [0.25, 0.3) is 0 Å². The van der Waals surface area contributed by atoms with Gasteiger partial charge in [-0.3, -0.25) is 19.8 Å². The summed E-state index contributed by atoms with van der Waals surface area (Å²) < 4.78 is 0. The van der Waals surface area contributed by atoms with Gasteiger partial charge in [-0.2, -0.15) is 11.3 Å². The number of allylic oxidation sites excluding steroid dienone is 2. The minimum absolute atomic E-state index is 0.154. The number of aromatic nitrogens is 2. The number of aromatic amines is 2. The SMILES string of the molecule is O=C1CCCC2=C1[C@H](c1ccsc1)c1c([nH][nH]c1=O)N2. The van der Waals surface area contributed by atoms with Crippen molar-refractivity contribution in [2.75, 3.05) is 5.32 Å². The molecular weight excluding hydrogens is 274 g/mol. The molecule has 0 saturated carbocycles. The lowest BCUT2D eigenvalue weighted by atomic mass is 9.77. The Balaban J connectivity index is 1.99. The van der Waals surface area contributed by atoms with Crippen molar-refractivity contribution in [2.45, 2.75) is 25.2 Å². The summed E-state index contributed by atoms with van der Waals surface area (Å²) >= 11 is 1.58. The van der Waals surface area contributed by atoms with Gasteiger partial charge in [-0.1, -0.05) is 0 Å². The highest BCUT2D eigenvalue weighted by Gasteiger charge is 2.37. The van der Waals surface area contributed by atoms with Crippen molar-refractivity contribution in [2.24, 2.45) is 0 Å². The molecule has 0 radical (unpaired) electrons. The number of Topliss-reactive ketones (excluding diaryl/α,β-unsaturated/α-hetero) is 1. The third-order valence-electron chi connectivity index (χ3n) is 4.00. The van der Waals surface area contributed by atoms with E-state index in [9.17, 15) is 9.59 Å². The topological polar surface area (TPSA) is 77.8 Å². The maximum Gasteiger partial charge on any atom is 0.270 e. The van der Waals surface area contributed by atoms with Crippen LogP contribution in [0.5, 0.6) is 0 Å². The first-order valence-electron chi connectivity index (χ1n) is 6.61. The molecule has 0 saturated heterocycles. The molecule has 1 aliphatic carbocycles. The van der Waals surface area contributed by atoms with Gasteiger partial charge in [-0.05, 0) is 35.2 Å². The summed E-state index contributed by atoms with van der Waals surface area (Å²) in [4.78, 5) is 24.5. The largest absolute Gasteiger partial charge is 0.343 e. The second-order valence-electron chi connectivity index (χ2n) is 5.15. The average Bonchev–Trinajstić information content (AvgIpc) is 3.08. The Kier molecular flexibility index (Phi) is 2.47. The van der Waals surface area contributed by atoms with Crippen molar-refractivity contribution in [1.29, 1.82) is 0 Å². The highest BCUT2D eigenvalue weighted by Crippen LogP contribution is 2.43. The molecule has 2 aromatic heterocycles. The highest BCUT2D eigenvalue weighted by atomic mass is 32.1. The van der Waals surface area contributed by atoms with Crippen molar-refractivity contribution in [1.82, 2.24) is 10.2 Å². The molecule has 5 nitrogen and oxygen atoms in total. The van der Waals surface area contributed by atoms with Crippen LogP contribution in [-0.2, 0) is 4.79 Å². The van der Waals surface area contributed by atoms with E-state index in [-0.39, 0.29) is 17.3 Å². The van der Waals surface area contributed by atoms with E-state index in [1.807, 2.05) is 16.8 Å². The van der Waals surface area contributed by atoms with Gasteiger partial charge in [0.2, 0.25) is 0 Å². The number of hydrogen-bond donors (Lipinski definition) is 3. The van der Waals surface area contributed by atoms with Crippen molar-refractivity contribution in [3.63, 3.8) is 0 Å². The summed E-state index contributed by atoms with van der Waals surface area (Å²) in [5, 5.41) is 12.7. The number of carbonyl (C=O) groups is 1. The van der Waals surface area contributed by atoms with E-state index in [4.69, 9.17) is 0 Å². The molecule has 4 rings (SSSR count). The summed E-state index contributed by atoms with van der Waals surface area (Å²) in [5.41, 5.74) is 3.21. The van der Waals surface area contributed by atoms with E-state index < -0.39 is 0 Å². The lowest BCUT2D eigenvalue weighted by Gasteiger charge is -2.30. The van der Waals surface area contributed by atoms with Gasteiger partial charge in [0.05, 0.1) is 5.56 Å². The number of H-pyrrole nitrogens is 2. The van der Waals surface area contributed by atoms with Crippen LogP contribution in [0.3, 0.4) is 0 Å². The van der Waals surface area contributed by atoms with Crippen LogP contribution in [-0.4, -0.2) is 16.0 Å². The first-order valence-corrected chi connectivity index (χ1v) is 7.56. The quantitative estimate of drug-likeness (QED) is 0.753. The van der Waals surface area contributed by atoms with E-state index in [0.717, 1.165) is 29.7 Å². The van der Waals surface area contributed by atoms with Gasteiger partial charge in [0, 0.05) is 23.6 Å². The fourth-order valence-electron chi connectivity index (χ4n) is 3.14. The molecule has 0 amide bonds. The molecule has 1 atom stereocenters. The number of nitrogens with one attached hydrogen (secondary N) is 3. The number of ketones is 1. The molecule has 2 aliphatic rings. The van der Waals surface area contributed by atoms with Gasteiger partial charge < -0.3 is 5.32 Å². The van der Waals surface area contributed by atoms with Crippen LogP contribution in [0, 0.1) is 0 Å². The molecule has 6 heteroatoms. The predicted molar refractivity (Wildman–Crippen MR) is 77.1 cm³/mol. The second-order valence-corrected chi connectivity index (χ2v) is 5.93. The van der Waals surface area contributed by atoms with Crippen LogP contribution in [0.1, 0.15) is 36.3 Å². The first kappa shape index (κ1) is 11.7. The molecule has 3 N–H and O–H groups in total. The number of rotatable bonds is 1. The molecule has 0 bridgehead atoms. The minimum Gasteiger partial charge on any atom is -0.343 e. The van der Waals surface area contributed by atoms with Gasteiger partial charge in [0.1, 0.15) is 5.82 Å². The standard InChI is InChI=1S/C14H13N3O2S/c18-9-3-1-2-8-11(9)10(7-4-5-20-6-7)12-13(15-8)16-17-14(12)19/h4-6,10H,1-3H2,(H3,15,16,17,19)/t10-/m0/s1. The third-order valence-corrected chi connectivity index (χ3v) is 4.70. The Morgan fingerprint density at radius 1 is 1.20 bits per heavy atom. The molecule has 0 aromatic carbocycles. The van der Waals surface area contributed by atoms with E-state index in [1.54, 1.807) is 11.3 Å². The molecule has 2 aromatic rings. The van der Waals surface area contributed by atoms with Crippen LogP contribution >= 0.6 is 11.3 Å². The molecule has 0 unspecified atom stereocenters. The highest BCUT2D eigenvalue weighted by molar-refractivity contribution is 7.08. The fourth-order valence-corrected chi connectivity index (χ4v) is 3.82. The molecule has 0 fully saturated rings. The minimum atomic E-state index is -0.240. The smallest absolute Gasteiger partial charge is 0.270 e. The molecule has 1 aliphatic heterocycles. The Bertz CT molecular complexity index is 767. The van der Waals surface area contributed by atoms with Gasteiger partial charge in [0.15, 0.2) is 5.78 Å². The Labute approximate surface area is 118 Å². The third kappa shape index (κ3) is 1.54. The summed E-state index contributed by atoms with van der Waals surface area (Å²) in [6.07, 6.45) is 2.29. The van der Waals surface area contributed by atoms with Gasteiger partial charge in [-0.25, -0.2) is 0 Å². The fraction of sp³-hybridized carbons (Fsp3) is 0.286. The average molecular weight is 287 g/mol. The van der Waals surface area contributed by atoms with Crippen LogP contribution in [0.2, 0.25) is 0 Å². The number of hydrogen-bond acceptors (Lipinski definition) is 4. The maximum absolute atomic E-state index is 12.4. The van der Waals surface area contributed by atoms with Gasteiger partial charge in [0.25, 0.3) is 5.56 Å². The van der Waals surface area contributed by atoms with Gasteiger partial charge >= 0.3 is 0 Å². The summed E-state index contributed by atoms with van der Waals surface area (Å²) in [7, 11) is 0. The lowest BCUT2D eigenvalue weighted by Crippen LogP contribution is -2.28. The summed E-state index contributed by atoms with van der Waals surface area (Å²) in [6, 6.07) is 1.99. The van der Waals surface area contributed by atoms with Crippen molar-refractivity contribution < 1.29 is 4.79 Å². The lowest BCUT2D eigenvalue weighted by molar-refractivity contribution is -0.116. The van der Waals surface area contributed by atoms with Crippen LogP contribution in [0.15, 0.2) is 32.9 Å². The van der Waals surface area contributed by atoms with Crippen molar-refractivity contribution >= 4 is 22.9 Å². The number of anilines is 1. The van der Waals surface area contributed by atoms with Crippen LogP contribution < -0.4 is 10.9 Å². The number of thiophene rings is 1. The second kappa shape index (κ2) is 4.21. The predicted octanol–water partition coefficient (Wildman–Crippen LogP) is 2.33. The van der Waals surface area contributed by atoms with Crippen molar-refractivity contribution in [3.8, 4) is 0 Å². The summed E-state index contributed by atoms with van der Waals surface area (Å²) in [5.74, 6) is 0.608. The molecule has 0 spiro atoms. The monoisotopic (exact) mass is 287 g/mol. The zero-order valence-electron chi connectivity index (χ0n) is 10.7. The van der Waals surface area contributed by atoms with E-state index in [2.05, 4.69) is 15.5 Å². The van der Waals surface area contributed by atoms with Crippen molar-refractivity contribution in [3.05, 3.63) is 49.6 Å². The number of carbonyl (C=O) groups excluding carboxylic acids is 1. The summed E-state index contributed by atoms with van der Waals surface area (Å²) in [6.45, 7) is 0. The zero-order chi connectivity index (χ0) is 13.7. The zero-order valence-corrected chi connectivity index (χ0v) is 11.5.